The summed E-state index contributed by atoms with van der Waals surface area (Å²) in [6.07, 6.45) is 0. The summed E-state index contributed by atoms with van der Waals surface area (Å²) >= 11 is 3.29. The highest BCUT2D eigenvalue weighted by Gasteiger charge is 2.19. The molecule has 0 atom stereocenters. The Morgan fingerprint density at radius 1 is 1.00 bits per heavy atom. The average Bonchev–Trinajstić information content (AvgIpc) is 3.26. The molecule has 1 N–H and O–H groups in total. The number of rotatable bonds is 3. The van der Waals surface area contributed by atoms with Crippen LogP contribution in [-0.4, -0.2) is 18.7 Å². The summed E-state index contributed by atoms with van der Waals surface area (Å²) in [4.78, 5) is 6.92. The van der Waals surface area contributed by atoms with E-state index in [0.717, 1.165) is 38.3 Å². The predicted molar refractivity (Wildman–Crippen MR) is 96.6 cm³/mol. The Morgan fingerprint density at radius 2 is 1.78 bits per heavy atom. The van der Waals surface area contributed by atoms with Crippen molar-refractivity contribution in [2.24, 2.45) is 10.1 Å². The maximum atomic E-state index is 5.37. The molecule has 0 bridgehead atoms. The van der Waals surface area contributed by atoms with Gasteiger partial charge in [-0.05, 0) is 41.1 Å². The number of methoxy groups -OCH3 is 1. The van der Waals surface area contributed by atoms with Crippen molar-refractivity contribution in [1.29, 1.82) is 0 Å². The number of benzene rings is 1. The maximum absolute atomic E-state index is 5.37. The van der Waals surface area contributed by atoms with E-state index < -0.39 is 0 Å². The van der Waals surface area contributed by atoms with Gasteiger partial charge in [0, 0.05) is 5.56 Å². The summed E-state index contributed by atoms with van der Waals surface area (Å²) < 4.78 is 5.37. The van der Waals surface area contributed by atoms with E-state index in [-0.39, 0.29) is 0 Å². The van der Waals surface area contributed by atoms with Gasteiger partial charge in [0.1, 0.15) is 11.5 Å². The molecule has 0 saturated heterocycles. The molecule has 3 heterocycles. The van der Waals surface area contributed by atoms with Crippen LogP contribution in [0.2, 0.25) is 0 Å². The molecule has 114 valence electrons. The second-order valence-electron chi connectivity index (χ2n) is 4.87. The summed E-state index contributed by atoms with van der Waals surface area (Å²) in [5.41, 5.74) is 5.84. The van der Waals surface area contributed by atoms with Crippen LogP contribution in [0, 0.1) is 0 Å². The zero-order chi connectivity index (χ0) is 15.6. The summed E-state index contributed by atoms with van der Waals surface area (Å²) in [5, 5.41) is 8.69. The fraction of sp³-hybridized carbons (Fsp3) is 0.0588. The first-order valence-corrected chi connectivity index (χ1v) is 8.79. The molecule has 0 radical (unpaired) electrons. The van der Waals surface area contributed by atoms with Crippen LogP contribution in [0.5, 0.6) is 5.75 Å². The Morgan fingerprint density at radius 3 is 2.48 bits per heavy atom. The third-order valence-electron chi connectivity index (χ3n) is 3.47. The molecule has 0 aliphatic carbocycles. The fourth-order valence-corrected chi connectivity index (χ4v) is 3.76. The van der Waals surface area contributed by atoms with Gasteiger partial charge in [-0.2, -0.15) is 5.10 Å². The SMILES string of the molecule is COc1ccc2c(c1)C(c1cccs1)=NNC(c1cccs1)=N2. The highest BCUT2D eigenvalue weighted by molar-refractivity contribution is 7.12. The molecule has 1 aliphatic heterocycles. The molecular formula is C17H13N3OS2. The molecule has 4 nitrogen and oxygen atoms in total. The van der Waals surface area contributed by atoms with Crippen LogP contribution in [0.25, 0.3) is 0 Å². The van der Waals surface area contributed by atoms with Gasteiger partial charge in [0.25, 0.3) is 0 Å². The van der Waals surface area contributed by atoms with E-state index in [9.17, 15) is 0 Å². The zero-order valence-corrected chi connectivity index (χ0v) is 13.9. The van der Waals surface area contributed by atoms with Crippen molar-refractivity contribution in [2.75, 3.05) is 7.11 Å². The molecule has 0 fully saturated rings. The quantitative estimate of drug-likeness (QED) is 0.775. The Kier molecular flexibility index (Phi) is 3.69. The molecular weight excluding hydrogens is 326 g/mol. The number of hydrazone groups is 1. The van der Waals surface area contributed by atoms with E-state index in [2.05, 4.69) is 16.6 Å². The van der Waals surface area contributed by atoms with Gasteiger partial charge in [0.05, 0.1) is 22.6 Å². The van der Waals surface area contributed by atoms with Gasteiger partial charge in [-0.1, -0.05) is 12.1 Å². The van der Waals surface area contributed by atoms with E-state index >= 15 is 0 Å². The molecule has 23 heavy (non-hydrogen) atoms. The van der Waals surface area contributed by atoms with Crippen LogP contribution < -0.4 is 10.2 Å². The van der Waals surface area contributed by atoms with Crippen molar-refractivity contribution in [3.05, 3.63) is 68.5 Å². The monoisotopic (exact) mass is 339 g/mol. The summed E-state index contributed by atoms with van der Waals surface area (Å²) in [6, 6.07) is 14.0. The minimum atomic E-state index is 0.762. The highest BCUT2D eigenvalue weighted by atomic mass is 32.1. The maximum Gasteiger partial charge on any atom is 0.164 e. The first kappa shape index (κ1) is 14.2. The van der Waals surface area contributed by atoms with Crippen molar-refractivity contribution in [1.82, 2.24) is 5.43 Å². The minimum Gasteiger partial charge on any atom is -0.497 e. The third-order valence-corrected chi connectivity index (χ3v) is 5.23. The van der Waals surface area contributed by atoms with Gasteiger partial charge in [-0.15, -0.1) is 22.7 Å². The van der Waals surface area contributed by atoms with Crippen LogP contribution >= 0.6 is 22.7 Å². The van der Waals surface area contributed by atoms with Crippen LogP contribution in [0.3, 0.4) is 0 Å². The Bertz CT molecular complexity index is 881. The Balaban J connectivity index is 1.89. The Labute approximate surface area is 141 Å². The van der Waals surface area contributed by atoms with Gasteiger partial charge < -0.3 is 4.74 Å². The van der Waals surface area contributed by atoms with Gasteiger partial charge >= 0.3 is 0 Å². The number of aliphatic imine (C=N–C) groups is 1. The van der Waals surface area contributed by atoms with Crippen LogP contribution in [0.1, 0.15) is 15.3 Å². The van der Waals surface area contributed by atoms with Gasteiger partial charge in [0.15, 0.2) is 5.84 Å². The summed E-state index contributed by atoms with van der Waals surface area (Å²) in [5.74, 6) is 1.56. The molecule has 0 saturated carbocycles. The normalized spacial score (nSPS) is 13.4. The molecule has 0 unspecified atom stereocenters. The lowest BCUT2D eigenvalue weighted by Crippen LogP contribution is -2.18. The number of ether oxygens (including phenoxy) is 1. The third kappa shape index (κ3) is 2.67. The van der Waals surface area contributed by atoms with Gasteiger partial charge in [-0.3, -0.25) is 5.43 Å². The molecule has 2 aromatic heterocycles. The van der Waals surface area contributed by atoms with Crippen LogP contribution in [0.4, 0.5) is 5.69 Å². The average molecular weight is 339 g/mol. The van der Waals surface area contributed by atoms with E-state index in [1.807, 2.05) is 47.2 Å². The van der Waals surface area contributed by atoms with Crippen molar-refractivity contribution in [3.63, 3.8) is 0 Å². The lowest BCUT2D eigenvalue weighted by molar-refractivity contribution is 0.415. The lowest BCUT2D eigenvalue weighted by atomic mass is 10.1. The van der Waals surface area contributed by atoms with Crippen molar-refractivity contribution in [3.8, 4) is 5.75 Å². The van der Waals surface area contributed by atoms with E-state index in [4.69, 9.17) is 9.73 Å². The van der Waals surface area contributed by atoms with E-state index in [1.165, 1.54) is 0 Å². The Hall–Kier alpha value is -2.44. The van der Waals surface area contributed by atoms with Crippen molar-refractivity contribution in [2.45, 2.75) is 0 Å². The van der Waals surface area contributed by atoms with Crippen LogP contribution in [-0.2, 0) is 0 Å². The van der Waals surface area contributed by atoms with E-state index in [1.54, 1.807) is 29.8 Å². The molecule has 0 spiro atoms. The fourth-order valence-electron chi connectivity index (χ4n) is 2.37. The van der Waals surface area contributed by atoms with Crippen LogP contribution in [0.15, 0.2) is 63.3 Å². The summed E-state index contributed by atoms with van der Waals surface area (Å²) in [7, 11) is 1.67. The largest absolute Gasteiger partial charge is 0.497 e. The molecule has 3 aromatic rings. The van der Waals surface area contributed by atoms with Gasteiger partial charge in [-0.25, -0.2) is 4.99 Å². The van der Waals surface area contributed by atoms with Crippen molar-refractivity contribution >= 4 is 39.9 Å². The smallest absolute Gasteiger partial charge is 0.164 e. The first-order valence-electron chi connectivity index (χ1n) is 7.04. The highest BCUT2D eigenvalue weighted by Crippen LogP contribution is 2.30. The molecule has 1 aliphatic rings. The second-order valence-corrected chi connectivity index (χ2v) is 6.77. The number of amidine groups is 1. The zero-order valence-electron chi connectivity index (χ0n) is 12.3. The number of nitrogens with zero attached hydrogens (tertiary/aromatic N) is 2. The number of fused-ring (bicyclic) bond motifs is 1. The summed E-state index contributed by atoms with van der Waals surface area (Å²) in [6.45, 7) is 0. The van der Waals surface area contributed by atoms with Gasteiger partial charge in [0.2, 0.25) is 0 Å². The molecule has 4 rings (SSSR count). The standard InChI is InChI=1S/C17H13N3OS2/c1-21-11-6-7-13-12(10-11)16(14-4-2-8-22-14)19-20-17(18-13)15-5-3-9-23-15/h2-10H,1H3,(H,18,20). The van der Waals surface area contributed by atoms with E-state index in [0.29, 0.717) is 0 Å². The molecule has 0 amide bonds. The van der Waals surface area contributed by atoms with Crippen molar-refractivity contribution < 1.29 is 4.74 Å². The number of nitrogens with one attached hydrogen (secondary N) is 1. The molecule has 6 heteroatoms. The second kappa shape index (κ2) is 5.98. The number of hydrogen-bond acceptors (Lipinski definition) is 6. The first-order chi connectivity index (χ1) is 11.3. The predicted octanol–water partition coefficient (Wildman–Crippen LogP) is 4.25. The number of thiophene rings is 2. The minimum absolute atomic E-state index is 0.762. The topological polar surface area (TPSA) is 46.0 Å². The lowest BCUT2D eigenvalue weighted by Gasteiger charge is -2.07. The number of hydrogen-bond donors (Lipinski definition) is 1. The molecule has 1 aromatic carbocycles.